The van der Waals surface area contributed by atoms with Crippen molar-refractivity contribution >= 4 is 57.2 Å². The molecule has 23 heteroatoms. The summed E-state index contributed by atoms with van der Waals surface area (Å²) in [6, 6.07) is 13.9. The Balaban J connectivity index is 0.000000366. The van der Waals surface area contributed by atoms with Crippen LogP contribution in [-0.2, 0) is 12.6 Å². The molecular weight excluding hydrogens is 895 g/mol. The zero-order valence-corrected chi connectivity index (χ0v) is 30.6. The molecular formula is C38H15BF20OS. The fourth-order valence-corrected chi connectivity index (χ4v) is 6.71. The van der Waals surface area contributed by atoms with Crippen molar-refractivity contribution in [1.29, 1.82) is 0 Å². The van der Waals surface area contributed by atoms with Crippen LogP contribution < -0.4 is 21.9 Å². The molecule has 0 saturated carbocycles. The predicted octanol–water partition coefficient (Wildman–Crippen LogP) is 8.66. The van der Waals surface area contributed by atoms with Gasteiger partial charge in [0.2, 0.25) is 5.78 Å². The molecule has 0 saturated heterocycles. The summed E-state index contributed by atoms with van der Waals surface area (Å²) in [7, 11) is 0. The minimum Gasteiger partial charge on any atom is -0.288 e. The van der Waals surface area contributed by atoms with Gasteiger partial charge < -0.3 is 0 Å². The standard InChI is InChI=1S/C24BF20.C14H14OS/c26-5-1(6(27)14(35)21(42)13(5)34)25(2-7(28)15(36)22(43)16(37)8(2)29,3-9(30)17(38)23(44)18(39)10(3)31)4-11(32)19(40)24(45)20(41)12(4)33;1-14(2,16)13(15)12-8-7-10-5-3-4-6-11(10)9-12/h;3-9,16H,1-2H3/q-1;/p+1. The molecule has 0 aromatic heterocycles. The van der Waals surface area contributed by atoms with Gasteiger partial charge in [-0.2, -0.15) is 0 Å². The topological polar surface area (TPSA) is 17.1 Å². The molecule has 0 fully saturated rings. The lowest BCUT2D eigenvalue weighted by atomic mass is 9.12. The van der Waals surface area contributed by atoms with Crippen LogP contribution in [0.1, 0.15) is 24.2 Å². The number of carbonyl (C=O) groups is 1. The van der Waals surface area contributed by atoms with Gasteiger partial charge in [-0.1, -0.05) is 36.4 Å². The van der Waals surface area contributed by atoms with E-state index in [4.69, 9.17) is 0 Å². The Bertz CT molecular complexity index is 2440. The second kappa shape index (κ2) is 16.3. The Labute approximate surface area is 332 Å². The van der Waals surface area contributed by atoms with Gasteiger partial charge in [0, 0.05) is 5.56 Å². The van der Waals surface area contributed by atoms with Gasteiger partial charge >= 0.3 is 0 Å². The molecule has 0 N–H and O–H groups in total. The minimum absolute atomic E-state index is 0.106. The van der Waals surface area contributed by atoms with E-state index in [1.54, 1.807) is 0 Å². The number of hydrogen-bond acceptors (Lipinski definition) is 1. The van der Waals surface area contributed by atoms with Crippen LogP contribution >= 0.6 is 0 Å². The summed E-state index contributed by atoms with van der Waals surface area (Å²) in [5.74, 6) is -71.3. The number of ketones is 1. The number of benzene rings is 6. The van der Waals surface area contributed by atoms with Crippen LogP contribution in [0.25, 0.3) is 10.8 Å². The van der Waals surface area contributed by atoms with Gasteiger partial charge in [-0.05, 0) is 43.3 Å². The Kier molecular flexibility index (Phi) is 12.4. The van der Waals surface area contributed by atoms with E-state index in [2.05, 4.69) is 12.6 Å². The van der Waals surface area contributed by atoms with Crippen molar-refractivity contribution in [3.63, 3.8) is 0 Å². The molecule has 0 heterocycles. The van der Waals surface area contributed by atoms with Crippen molar-refractivity contribution in [2.24, 2.45) is 0 Å². The minimum atomic E-state index is -7.22. The van der Waals surface area contributed by atoms with Crippen LogP contribution in [0.15, 0.2) is 42.5 Å². The summed E-state index contributed by atoms with van der Waals surface area (Å²) in [5, 5.41) is 2.26. The van der Waals surface area contributed by atoms with Gasteiger partial charge in [0.25, 0.3) is 0 Å². The number of Topliss-reactive ketones (excluding diaryl/α,β-unsaturated/α-hetero) is 1. The molecule has 0 atom stereocenters. The molecule has 322 valence electrons. The molecule has 61 heavy (non-hydrogen) atoms. The molecule has 0 aliphatic rings. The first-order valence-electron chi connectivity index (χ1n) is 16.2. The van der Waals surface area contributed by atoms with Gasteiger partial charge in [0.15, 0.2) is 74.6 Å². The van der Waals surface area contributed by atoms with E-state index >= 15 is 35.1 Å². The van der Waals surface area contributed by atoms with E-state index in [1.165, 1.54) is 0 Å². The van der Waals surface area contributed by atoms with Gasteiger partial charge in [-0.25, -0.2) is 87.8 Å². The number of rotatable bonds is 6. The van der Waals surface area contributed by atoms with E-state index in [9.17, 15) is 57.5 Å². The molecule has 0 aliphatic carbocycles. The van der Waals surface area contributed by atoms with Crippen molar-refractivity contribution in [3.05, 3.63) is 164 Å². The van der Waals surface area contributed by atoms with Crippen LogP contribution in [0, 0.1) is 116 Å². The average Bonchev–Trinajstić information content (AvgIpc) is 3.22. The second-order valence-electron chi connectivity index (χ2n) is 13.3. The first kappa shape index (κ1) is 46.3. The third-order valence-electron chi connectivity index (χ3n) is 9.29. The highest BCUT2D eigenvalue weighted by atomic mass is 32.1. The predicted molar refractivity (Wildman–Crippen MR) is 182 cm³/mol. The van der Waals surface area contributed by atoms with Crippen molar-refractivity contribution in [2.75, 3.05) is 0 Å². The van der Waals surface area contributed by atoms with Crippen LogP contribution in [0.3, 0.4) is 0 Å². The van der Waals surface area contributed by atoms with E-state index in [1.807, 2.05) is 56.3 Å². The third-order valence-corrected chi connectivity index (χ3v) is 9.51. The molecule has 6 aromatic carbocycles. The molecule has 0 radical (unpaired) electrons. The van der Waals surface area contributed by atoms with E-state index in [-0.39, 0.29) is 5.78 Å². The summed E-state index contributed by atoms with van der Waals surface area (Å²) in [4.78, 5) is 12.1. The Morgan fingerprint density at radius 1 is 0.377 bits per heavy atom. The first-order chi connectivity index (χ1) is 28.2. The highest BCUT2D eigenvalue weighted by molar-refractivity contribution is 7.61. The summed E-state index contributed by atoms with van der Waals surface area (Å²) >= 11 is 3.45. The van der Waals surface area contributed by atoms with Crippen molar-refractivity contribution in [1.82, 2.24) is 0 Å². The maximum Gasteiger partial charge on any atom is 0.217 e. The zero-order chi connectivity index (χ0) is 46.1. The molecule has 0 spiro atoms. The van der Waals surface area contributed by atoms with Crippen LogP contribution in [0.2, 0.25) is 0 Å². The molecule has 0 unspecified atom stereocenters. The molecule has 0 bridgehead atoms. The second-order valence-corrected chi connectivity index (χ2v) is 14.6. The SMILES string of the molecule is CC(C)([SH2+])C(=O)c1ccc2ccccc2c1.Fc1c(F)c(F)c([B-](c2c(F)c(F)c(F)c(F)c2F)(c2c(F)c(F)c(F)c(F)c2F)c2c(F)c(F)c(F)c(F)c2F)c(F)c1F. The van der Waals surface area contributed by atoms with E-state index < -0.39 is 149 Å². The monoisotopic (exact) mass is 910 g/mol. The highest BCUT2D eigenvalue weighted by Gasteiger charge is 2.52. The van der Waals surface area contributed by atoms with Crippen molar-refractivity contribution in [3.8, 4) is 0 Å². The fourth-order valence-electron chi connectivity index (χ4n) is 6.57. The summed E-state index contributed by atoms with van der Waals surface area (Å²) in [6.07, 6.45) is -7.22. The van der Waals surface area contributed by atoms with Gasteiger partial charge in [0.1, 0.15) is 52.7 Å². The number of carbonyl (C=O) groups excluding carboxylic acids is 1. The summed E-state index contributed by atoms with van der Waals surface area (Å²) < 4.78 is 293. The Hall–Kier alpha value is -5.74. The normalized spacial score (nSPS) is 11.9. The van der Waals surface area contributed by atoms with Gasteiger partial charge in [-0.3, -0.25) is 4.79 Å². The smallest absolute Gasteiger partial charge is 0.217 e. The van der Waals surface area contributed by atoms with Gasteiger partial charge in [0.05, 0.1) is 0 Å². The van der Waals surface area contributed by atoms with Crippen LogP contribution in [0.5, 0.6) is 0 Å². The summed E-state index contributed by atoms with van der Waals surface area (Å²) in [5.41, 5.74) is -13.6. The molecule has 0 aliphatic heterocycles. The Morgan fingerprint density at radius 2 is 0.607 bits per heavy atom. The van der Waals surface area contributed by atoms with Crippen molar-refractivity contribution < 1.29 is 92.6 Å². The maximum absolute atomic E-state index is 15.4. The fraction of sp³-hybridized carbons (Fsp3) is 0.0789. The van der Waals surface area contributed by atoms with Gasteiger partial charge in [-0.15, -0.1) is 21.9 Å². The average molecular weight is 910 g/mol. The quantitative estimate of drug-likeness (QED) is 0.0409. The molecule has 1 nitrogen and oxygen atoms in total. The largest absolute Gasteiger partial charge is 0.288 e. The third kappa shape index (κ3) is 7.12. The summed E-state index contributed by atoms with van der Waals surface area (Å²) in [6.45, 7) is 3.73. The van der Waals surface area contributed by atoms with Crippen LogP contribution in [0.4, 0.5) is 87.8 Å². The van der Waals surface area contributed by atoms with Crippen LogP contribution in [-0.4, -0.2) is 16.7 Å². The lowest BCUT2D eigenvalue weighted by Gasteiger charge is -2.44. The highest BCUT2D eigenvalue weighted by Crippen LogP contribution is 2.31. The Morgan fingerprint density at radius 3 is 0.852 bits per heavy atom. The number of fused-ring (bicyclic) bond motifs is 1. The lowest BCUT2D eigenvalue weighted by Crippen LogP contribution is -2.81. The van der Waals surface area contributed by atoms with E-state index in [0.29, 0.717) is 0 Å². The first-order valence-corrected chi connectivity index (χ1v) is 16.7. The lowest BCUT2D eigenvalue weighted by molar-refractivity contribution is 0.0958. The number of halogens is 20. The molecule has 0 amide bonds. The van der Waals surface area contributed by atoms with Crippen molar-refractivity contribution in [2.45, 2.75) is 18.6 Å². The maximum atomic E-state index is 15.4. The zero-order valence-electron chi connectivity index (χ0n) is 29.6. The molecule has 6 aromatic rings. The number of hydrogen-bond donors (Lipinski definition) is 0. The van der Waals surface area contributed by atoms with E-state index in [0.717, 1.165) is 16.3 Å². The molecule has 6 rings (SSSR count).